The zero-order valence-corrected chi connectivity index (χ0v) is 27.5. The summed E-state index contributed by atoms with van der Waals surface area (Å²) in [5.41, 5.74) is 8.33. The number of aromatic amines is 2. The molecule has 6 aromatic carbocycles. The van der Waals surface area contributed by atoms with Gasteiger partial charge >= 0.3 is 0 Å². The van der Waals surface area contributed by atoms with Gasteiger partial charge in [-0.1, -0.05) is 121 Å². The highest BCUT2D eigenvalue weighted by molar-refractivity contribution is 6.06. The van der Waals surface area contributed by atoms with Gasteiger partial charge < -0.3 is 28.9 Å². The van der Waals surface area contributed by atoms with Gasteiger partial charge in [0.15, 0.2) is 23.0 Å². The maximum Gasteiger partial charge on any atom is 0.163 e. The first-order valence-electron chi connectivity index (χ1n) is 16.7. The van der Waals surface area contributed by atoms with Crippen LogP contribution >= 0.6 is 0 Å². The third-order valence-corrected chi connectivity index (χ3v) is 8.73. The van der Waals surface area contributed by atoms with Crippen molar-refractivity contribution in [3.05, 3.63) is 180 Å². The van der Waals surface area contributed by atoms with Gasteiger partial charge in [0.2, 0.25) is 0 Å². The van der Waals surface area contributed by atoms with E-state index in [1.165, 1.54) is 0 Å². The molecule has 50 heavy (non-hydrogen) atoms. The number of rotatable bonds is 13. The Hall–Kier alpha value is -6.40. The molecule has 2 aromatic heterocycles. The smallest absolute Gasteiger partial charge is 0.163 e. The summed E-state index contributed by atoms with van der Waals surface area (Å²) in [6.07, 6.45) is 4.08. The van der Waals surface area contributed by atoms with Crippen molar-refractivity contribution in [2.75, 3.05) is 0 Å². The second-order valence-electron chi connectivity index (χ2n) is 12.2. The Bertz CT molecular complexity index is 2150. The maximum atomic E-state index is 6.44. The van der Waals surface area contributed by atoms with Gasteiger partial charge in [-0.2, -0.15) is 0 Å². The average molecular weight is 657 g/mol. The predicted octanol–water partition coefficient (Wildman–Crippen LogP) is 10.6. The van der Waals surface area contributed by atoms with Gasteiger partial charge in [0, 0.05) is 57.5 Å². The second-order valence-corrected chi connectivity index (χ2v) is 12.2. The number of H-pyrrole nitrogens is 2. The third kappa shape index (κ3) is 6.91. The van der Waals surface area contributed by atoms with Gasteiger partial charge in [-0.15, -0.1) is 0 Å². The number of fused-ring (bicyclic) bond motifs is 2. The summed E-state index contributed by atoms with van der Waals surface area (Å²) < 4.78 is 25.6. The first kappa shape index (κ1) is 30.9. The quantitative estimate of drug-likeness (QED) is 0.130. The molecule has 6 heteroatoms. The molecule has 0 radical (unpaired) electrons. The van der Waals surface area contributed by atoms with Crippen LogP contribution in [-0.2, 0) is 26.4 Å². The molecule has 0 bridgehead atoms. The fraction of sp³-hybridized carbons (Fsp3) is 0.0909. The van der Waals surface area contributed by atoms with Crippen LogP contribution in [0, 0.1) is 0 Å². The van der Waals surface area contributed by atoms with Crippen molar-refractivity contribution >= 4 is 21.8 Å². The molecule has 0 aliphatic carbocycles. The summed E-state index contributed by atoms with van der Waals surface area (Å²) in [7, 11) is 0. The van der Waals surface area contributed by atoms with Crippen LogP contribution in [0.15, 0.2) is 158 Å². The van der Waals surface area contributed by atoms with E-state index in [-0.39, 0.29) is 0 Å². The molecule has 0 atom stereocenters. The number of ether oxygens (including phenoxy) is 4. The molecule has 2 N–H and O–H groups in total. The van der Waals surface area contributed by atoms with Crippen molar-refractivity contribution < 1.29 is 18.9 Å². The lowest BCUT2D eigenvalue weighted by molar-refractivity contribution is 0.256. The van der Waals surface area contributed by atoms with Crippen LogP contribution in [0.4, 0.5) is 0 Å². The predicted molar refractivity (Wildman–Crippen MR) is 199 cm³/mol. The number of hydrogen-bond donors (Lipinski definition) is 2. The molecule has 0 spiro atoms. The van der Waals surface area contributed by atoms with Crippen molar-refractivity contribution in [2.24, 2.45) is 0 Å². The Morgan fingerprint density at radius 3 is 0.920 bits per heavy atom. The van der Waals surface area contributed by atoms with Gasteiger partial charge in [0.1, 0.15) is 26.4 Å². The minimum absolute atomic E-state index is 0.425. The van der Waals surface area contributed by atoms with E-state index in [1.807, 2.05) is 97.3 Å². The van der Waals surface area contributed by atoms with Crippen LogP contribution in [0.3, 0.4) is 0 Å². The highest BCUT2D eigenvalue weighted by atomic mass is 16.5. The minimum atomic E-state index is 0.425. The molecular weight excluding hydrogens is 620 g/mol. The molecule has 0 aliphatic rings. The molecule has 0 saturated heterocycles. The van der Waals surface area contributed by atoms with Crippen LogP contribution < -0.4 is 18.9 Å². The van der Waals surface area contributed by atoms with Gasteiger partial charge in [0.25, 0.3) is 0 Å². The number of hydrogen-bond acceptors (Lipinski definition) is 4. The van der Waals surface area contributed by atoms with Crippen molar-refractivity contribution in [2.45, 2.75) is 26.4 Å². The van der Waals surface area contributed by atoms with Crippen LogP contribution in [-0.4, -0.2) is 9.97 Å². The lowest BCUT2D eigenvalue weighted by Crippen LogP contribution is -2.01. The summed E-state index contributed by atoms with van der Waals surface area (Å²) in [5, 5.41) is 2.05. The van der Waals surface area contributed by atoms with Crippen LogP contribution in [0.1, 0.15) is 22.3 Å². The number of aromatic nitrogens is 2. The molecule has 0 saturated carbocycles. The number of benzene rings is 6. The van der Waals surface area contributed by atoms with Gasteiger partial charge in [-0.3, -0.25) is 0 Å². The van der Waals surface area contributed by atoms with Crippen molar-refractivity contribution in [1.29, 1.82) is 0 Å². The Morgan fingerprint density at radius 2 is 0.620 bits per heavy atom. The lowest BCUT2D eigenvalue weighted by atomic mass is 10.0. The van der Waals surface area contributed by atoms with Crippen molar-refractivity contribution in [3.8, 4) is 34.1 Å². The molecule has 0 fully saturated rings. The minimum Gasteiger partial charge on any atom is -0.485 e. The molecular formula is C44H36N2O4. The fourth-order valence-corrected chi connectivity index (χ4v) is 6.10. The van der Waals surface area contributed by atoms with Crippen LogP contribution in [0.2, 0.25) is 0 Å². The molecule has 246 valence electrons. The zero-order valence-electron chi connectivity index (χ0n) is 27.5. The first-order valence-corrected chi connectivity index (χ1v) is 16.7. The molecule has 2 heterocycles. The van der Waals surface area contributed by atoms with E-state index < -0.39 is 0 Å². The van der Waals surface area contributed by atoms with E-state index in [0.717, 1.165) is 55.2 Å². The summed E-state index contributed by atoms with van der Waals surface area (Å²) >= 11 is 0. The van der Waals surface area contributed by atoms with Crippen molar-refractivity contribution in [3.63, 3.8) is 0 Å². The zero-order chi connectivity index (χ0) is 33.5. The Kier molecular flexibility index (Phi) is 8.89. The van der Waals surface area contributed by atoms with Gasteiger partial charge in [-0.25, -0.2) is 0 Å². The lowest BCUT2D eigenvalue weighted by Gasteiger charge is -2.15. The topological polar surface area (TPSA) is 68.5 Å². The van der Waals surface area contributed by atoms with Gasteiger partial charge in [-0.05, 0) is 34.4 Å². The van der Waals surface area contributed by atoms with E-state index in [4.69, 9.17) is 18.9 Å². The Morgan fingerprint density at radius 1 is 0.340 bits per heavy atom. The van der Waals surface area contributed by atoms with E-state index in [0.29, 0.717) is 49.4 Å². The van der Waals surface area contributed by atoms with E-state index >= 15 is 0 Å². The molecule has 8 aromatic rings. The van der Waals surface area contributed by atoms with Crippen LogP contribution in [0.5, 0.6) is 23.0 Å². The summed E-state index contributed by atoms with van der Waals surface area (Å²) in [6.45, 7) is 1.72. The van der Waals surface area contributed by atoms with E-state index in [1.54, 1.807) is 0 Å². The van der Waals surface area contributed by atoms with Crippen molar-refractivity contribution in [1.82, 2.24) is 9.97 Å². The highest BCUT2D eigenvalue weighted by Crippen LogP contribution is 2.42. The molecule has 6 nitrogen and oxygen atoms in total. The number of nitrogens with one attached hydrogen (secondary N) is 2. The second kappa shape index (κ2) is 14.4. The summed E-state index contributed by atoms with van der Waals surface area (Å²) in [5.74, 6) is 2.73. The molecule has 0 aliphatic heterocycles. The fourth-order valence-electron chi connectivity index (χ4n) is 6.10. The van der Waals surface area contributed by atoms with Crippen LogP contribution in [0.25, 0.3) is 32.9 Å². The first-order chi connectivity index (χ1) is 24.8. The van der Waals surface area contributed by atoms with Gasteiger partial charge in [0.05, 0.1) is 0 Å². The molecule has 8 rings (SSSR count). The van der Waals surface area contributed by atoms with E-state index in [9.17, 15) is 0 Å². The monoisotopic (exact) mass is 656 g/mol. The SMILES string of the molecule is c1ccc(COc2cc3[nH]cc(-c4c[nH]c5cc(OCc6ccccc6)c(OCc6ccccc6)cc45)c3cc2OCc2ccccc2)cc1. The summed E-state index contributed by atoms with van der Waals surface area (Å²) in [6, 6.07) is 48.9. The Balaban J connectivity index is 1.15. The molecule has 0 amide bonds. The maximum absolute atomic E-state index is 6.44. The highest BCUT2D eigenvalue weighted by Gasteiger charge is 2.18. The standard InChI is InChI=1S/C44H36N2O4/c1-5-13-31(14-6-1)27-47-41-21-35-37(25-45-39(35)23-43(41)49-29-33-17-9-3-10-18-33)38-26-46-40-24-44(50-30-34-19-11-4-12-20-34)42(22-36(38)40)48-28-32-15-7-2-8-16-32/h1-26,45-46H,27-30H2. The summed E-state index contributed by atoms with van der Waals surface area (Å²) in [4.78, 5) is 6.97. The molecule has 0 unspecified atom stereocenters. The third-order valence-electron chi connectivity index (χ3n) is 8.73. The largest absolute Gasteiger partial charge is 0.485 e. The van der Waals surface area contributed by atoms with E-state index in [2.05, 4.69) is 70.6 Å². The normalized spacial score (nSPS) is 11.1. The Labute approximate surface area is 290 Å². The average Bonchev–Trinajstić information content (AvgIpc) is 3.78.